The molecule has 28 heavy (non-hydrogen) atoms. The summed E-state index contributed by atoms with van der Waals surface area (Å²) in [6, 6.07) is 4.49. The molecule has 0 bridgehead atoms. The molecule has 4 rings (SSSR count). The minimum Gasteiger partial charge on any atom is -0.496 e. The summed E-state index contributed by atoms with van der Waals surface area (Å²) in [6.45, 7) is 3.99. The number of benzene rings is 1. The van der Waals surface area contributed by atoms with Gasteiger partial charge in [0.1, 0.15) is 11.6 Å². The molecular formula is C21H26FN3O3. The standard InChI is InChI=1S/C21H26FN3O3/c1-12-9-16-18(24-25(3)19(16)13(2)28-12)20(26)23-21(7-8-21)11-14-10-15(22)5-6-17(14)27-4/h5-6,10,12-13H,7-9,11H2,1-4H3,(H,23,26)/t12-,13+/m0/s1. The normalized spacial score (nSPS) is 22.5. The second-order valence-electron chi connectivity index (χ2n) is 8.00. The van der Waals surface area contributed by atoms with Crippen molar-refractivity contribution >= 4 is 5.91 Å². The quantitative estimate of drug-likeness (QED) is 0.856. The van der Waals surface area contributed by atoms with Crippen molar-refractivity contribution < 1.29 is 18.7 Å². The van der Waals surface area contributed by atoms with E-state index in [0.29, 0.717) is 24.3 Å². The number of nitrogens with one attached hydrogen (secondary N) is 1. The van der Waals surface area contributed by atoms with E-state index >= 15 is 0 Å². The van der Waals surface area contributed by atoms with Crippen LogP contribution in [0.5, 0.6) is 5.75 Å². The highest BCUT2D eigenvalue weighted by Crippen LogP contribution is 2.41. The van der Waals surface area contributed by atoms with E-state index in [-0.39, 0.29) is 29.5 Å². The molecule has 1 amide bonds. The number of amides is 1. The predicted molar refractivity (Wildman–Crippen MR) is 102 cm³/mol. The lowest BCUT2D eigenvalue weighted by molar-refractivity contribution is -0.00903. The third kappa shape index (κ3) is 3.39. The number of rotatable bonds is 5. The molecule has 7 heteroatoms. The number of methoxy groups -OCH3 is 1. The molecule has 0 spiro atoms. The Hall–Kier alpha value is -2.41. The number of hydrogen-bond acceptors (Lipinski definition) is 4. The second-order valence-corrected chi connectivity index (χ2v) is 8.00. The summed E-state index contributed by atoms with van der Waals surface area (Å²) in [5.74, 6) is 0.155. The summed E-state index contributed by atoms with van der Waals surface area (Å²) in [5, 5.41) is 7.65. The second kappa shape index (κ2) is 6.88. The number of nitrogens with zero attached hydrogens (tertiary/aromatic N) is 2. The molecule has 1 aliphatic heterocycles. The van der Waals surface area contributed by atoms with Gasteiger partial charge in [-0.3, -0.25) is 9.48 Å². The van der Waals surface area contributed by atoms with Crippen LogP contribution in [0.4, 0.5) is 4.39 Å². The van der Waals surface area contributed by atoms with Gasteiger partial charge in [-0.15, -0.1) is 0 Å². The smallest absolute Gasteiger partial charge is 0.272 e. The molecular weight excluding hydrogens is 361 g/mol. The summed E-state index contributed by atoms with van der Waals surface area (Å²) in [7, 11) is 3.41. The van der Waals surface area contributed by atoms with Crippen LogP contribution in [0.15, 0.2) is 18.2 Å². The summed E-state index contributed by atoms with van der Waals surface area (Å²) < 4.78 is 26.7. The van der Waals surface area contributed by atoms with Crippen LogP contribution in [0.2, 0.25) is 0 Å². The fraction of sp³-hybridized carbons (Fsp3) is 0.524. The highest BCUT2D eigenvalue weighted by molar-refractivity contribution is 5.95. The molecule has 1 N–H and O–H groups in total. The Morgan fingerprint density at radius 2 is 2.18 bits per heavy atom. The number of halogens is 1. The van der Waals surface area contributed by atoms with Crippen molar-refractivity contribution in [2.75, 3.05) is 7.11 Å². The van der Waals surface area contributed by atoms with Gasteiger partial charge in [-0.25, -0.2) is 4.39 Å². The third-order valence-electron chi connectivity index (χ3n) is 5.73. The zero-order chi connectivity index (χ0) is 20.1. The zero-order valence-corrected chi connectivity index (χ0v) is 16.7. The molecule has 150 valence electrons. The molecule has 0 saturated heterocycles. The van der Waals surface area contributed by atoms with E-state index in [2.05, 4.69) is 10.4 Å². The fourth-order valence-electron chi connectivity index (χ4n) is 4.27. The van der Waals surface area contributed by atoms with Crippen LogP contribution >= 0.6 is 0 Å². The Bertz CT molecular complexity index is 920. The summed E-state index contributed by atoms with van der Waals surface area (Å²) >= 11 is 0. The maximum absolute atomic E-state index is 13.7. The molecule has 1 fully saturated rings. The largest absolute Gasteiger partial charge is 0.496 e. The molecule has 1 aliphatic carbocycles. The number of carbonyl (C=O) groups is 1. The average Bonchev–Trinajstić information content (AvgIpc) is 3.28. The van der Waals surface area contributed by atoms with Gasteiger partial charge < -0.3 is 14.8 Å². The van der Waals surface area contributed by atoms with E-state index in [1.165, 1.54) is 12.1 Å². The summed E-state index contributed by atoms with van der Waals surface area (Å²) in [5.41, 5.74) is 2.78. The lowest BCUT2D eigenvalue weighted by atomic mass is 9.98. The molecule has 2 aliphatic rings. The molecule has 0 unspecified atom stereocenters. The Labute approximate surface area is 164 Å². The van der Waals surface area contributed by atoms with Crippen molar-refractivity contribution in [2.24, 2.45) is 7.05 Å². The number of aryl methyl sites for hydroxylation is 1. The number of ether oxygens (including phenoxy) is 2. The highest BCUT2D eigenvalue weighted by Gasteiger charge is 2.45. The first kappa shape index (κ1) is 18.9. The molecule has 6 nitrogen and oxygen atoms in total. The fourth-order valence-corrected chi connectivity index (χ4v) is 4.27. The minimum absolute atomic E-state index is 0.0460. The van der Waals surface area contributed by atoms with Crippen LogP contribution in [0.3, 0.4) is 0 Å². The Morgan fingerprint density at radius 3 is 2.86 bits per heavy atom. The number of carbonyl (C=O) groups excluding carboxylic acids is 1. The maximum atomic E-state index is 13.7. The van der Waals surface area contributed by atoms with E-state index in [0.717, 1.165) is 29.7 Å². The number of hydrogen-bond donors (Lipinski definition) is 1. The minimum atomic E-state index is -0.370. The average molecular weight is 387 g/mol. The van der Waals surface area contributed by atoms with Gasteiger partial charge in [0, 0.05) is 24.6 Å². The summed E-state index contributed by atoms with van der Waals surface area (Å²) in [4.78, 5) is 13.1. The van der Waals surface area contributed by atoms with Gasteiger partial charge in [-0.05, 0) is 56.9 Å². The van der Waals surface area contributed by atoms with E-state index in [9.17, 15) is 9.18 Å². The highest BCUT2D eigenvalue weighted by atomic mass is 19.1. The van der Waals surface area contributed by atoms with Crippen LogP contribution in [0, 0.1) is 5.82 Å². The first-order valence-corrected chi connectivity index (χ1v) is 9.68. The van der Waals surface area contributed by atoms with E-state index in [1.807, 2.05) is 20.9 Å². The topological polar surface area (TPSA) is 65.4 Å². The molecule has 2 atom stereocenters. The lowest BCUT2D eigenvalue weighted by Gasteiger charge is -2.26. The van der Waals surface area contributed by atoms with Crippen LogP contribution in [-0.4, -0.2) is 34.4 Å². The molecule has 1 aromatic carbocycles. The van der Waals surface area contributed by atoms with Gasteiger partial charge in [0.05, 0.1) is 25.0 Å². The third-order valence-corrected chi connectivity index (χ3v) is 5.73. The van der Waals surface area contributed by atoms with E-state index in [1.54, 1.807) is 17.9 Å². The summed E-state index contributed by atoms with van der Waals surface area (Å²) in [6.07, 6.45) is 2.85. The van der Waals surface area contributed by atoms with Gasteiger partial charge in [-0.1, -0.05) is 0 Å². The first-order chi connectivity index (χ1) is 13.3. The van der Waals surface area contributed by atoms with Gasteiger partial charge in [-0.2, -0.15) is 5.10 Å². The van der Waals surface area contributed by atoms with Crippen molar-refractivity contribution in [3.8, 4) is 5.75 Å². The lowest BCUT2D eigenvalue weighted by Crippen LogP contribution is -2.39. The van der Waals surface area contributed by atoms with Crippen molar-refractivity contribution in [1.82, 2.24) is 15.1 Å². The monoisotopic (exact) mass is 387 g/mol. The van der Waals surface area contributed by atoms with Crippen LogP contribution in [0.1, 0.15) is 60.1 Å². The van der Waals surface area contributed by atoms with Gasteiger partial charge >= 0.3 is 0 Å². The van der Waals surface area contributed by atoms with Crippen LogP contribution < -0.4 is 10.1 Å². The van der Waals surface area contributed by atoms with Gasteiger partial charge in [0.15, 0.2) is 5.69 Å². The van der Waals surface area contributed by atoms with Crippen LogP contribution in [-0.2, 0) is 24.6 Å². The molecule has 1 saturated carbocycles. The zero-order valence-electron chi connectivity index (χ0n) is 16.7. The molecule has 2 heterocycles. The number of fused-ring (bicyclic) bond motifs is 1. The van der Waals surface area contributed by atoms with Gasteiger partial charge in [0.2, 0.25) is 0 Å². The van der Waals surface area contributed by atoms with E-state index < -0.39 is 0 Å². The van der Waals surface area contributed by atoms with E-state index in [4.69, 9.17) is 9.47 Å². The molecule has 2 aromatic rings. The van der Waals surface area contributed by atoms with Crippen molar-refractivity contribution in [3.63, 3.8) is 0 Å². The molecule has 0 radical (unpaired) electrons. The Balaban J connectivity index is 1.57. The number of aromatic nitrogens is 2. The first-order valence-electron chi connectivity index (χ1n) is 9.68. The Kier molecular flexibility index (Phi) is 4.65. The molecule has 1 aromatic heterocycles. The van der Waals surface area contributed by atoms with Crippen molar-refractivity contribution in [1.29, 1.82) is 0 Å². The van der Waals surface area contributed by atoms with Crippen LogP contribution in [0.25, 0.3) is 0 Å². The van der Waals surface area contributed by atoms with Crippen molar-refractivity contribution in [2.45, 2.75) is 57.3 Å². The van der Waals surface area contributed by atoms with Crippen molar-refractivity contribution in [3.05, 3.63) is 46.5 Å². The SMILES string of the molecule is COc1ccc(F)cc1CC1(NC(=O)c2nn(C)c3c2C[C@H](C)O[C@@H]3C)CC1. The van der Waals surface area contributed by atoms with Gasteiger partial charge in [0.25, 0.3) is 5.91 Å². The maximum Gasteiger partial charge on any atom is 0.272 e. The predicted octanol–water partition coefficient (Wildman–Crippen LogP) is 3.10. The Morgan fingerprint density at radius 1 is 1.43 bits per heavy atom.